The highest BCUT2D eigenvalue weighted by Crippen LogP contribution is 2.43. The molecule has 0 atom stereocenters. The van der Waals surface area contributed by atoms with Gasteiger partial charge in [-0.15, -0.1) is 0 Å². The van der Waals surface area contributed by atoms with Gasteiger partial charge in [0, 0.05) is 49.9 Å². The van der Waals surface area contributed by atoms with E-state index in [0.717, 1.165) is 66.4 Å². The number of anilines is 3. The fourth-order valence-corrected chi connectivity index (χ4v) is 8.73. The van der Waals surface area contributed by atoms with Gasteiger partial charge in [-0.1, -0.05) is 121 Å². The Morgan fingerprint density at radius 3 is 1.84 bits per heavy atom. The minimum absolute atomic E-state index is 0.635. The van der Waals surface area contributed by atoms with E-state index in [1.54, 1.807) is 0 Å². The van der Waals surface area contributed by atoms with Crippen molar-refractivity contribution < 1.29 is 8.83 Å². The van der Waals surface area contributed by atoms with E-state index in [-0.39, 0.29) is 0 Å². The number of furan rings is 1. The number of oxazole rings is 1. The Morgan fingerprint density at radius 1 is 0.368 bits per heavy atom. The molecule has 0 amide bonds. The normalized spacial score (nSPS) is 11.9. The van der Waals surface area contributed by atoms with Crippen LogP contribution in [0.1, 0.15) is 0 Å². The number of rotatable bonds is 5. The van der Waals surface area contributed by atoms with E-state index in [1.165, 1.54) is 43.4 Å². The third-order valence-electron chi connectivity index (χ3n) is 11.4. The van der Waals surface area contributed by atoms with E-state index in [2.05, 4.69) is 157 Å². The zero-order valence-electron chi connectivity index (χ0n) is 30.7. The lowest BCUT2D eigenvalue weighted by Gasteiger charge is -2.27. The summed E-state index contributed by atoms with van der Waals surface area (Å²) in [5.74, 6) is 0.635. The Labute approximate surface area is 327 Å². The standard InChI is InChI=1S/C53H32N2O2/c1-3-10-35(11-4-1)53-54-46-29-24-34-19-18-33-20-21-39-31-37(23-27-43(39)50(33)51(34)52(46)57-53)36-22-26-42-38(30-36)12-9-16-47(42)55(40-13-5-2-6-14-40)41-25-28-45-44-15-7-8-17-48(44)56-49(45)32-41/h1-32H. The average Bonchev–Trinajstić information content (AvgIpc) is 3.88. The molecule has 0 aliphatic heterocycles. The zero-order valence-corrected chi connectivity index (χ0v) is 30.7. The number of aromatic nitrogens is 1. The van der Waals surface area contributed by atoms with Crippen LogP contribution in [0, 0.1) is 0 Å². The number of hydrogen-bond acceptors (Lipinski definition) is 4. The molecule has 0 aliphatic carbocycles. The maximum Gasteiger partial charge on any atom is 0.227 e. The summed E-state index contributed by atoms with van der Waals surface area (Å²) < 4.78 is 12.9. The molecular formula is C53H32N2O2. The second kappa shape index (κ2) is 12.4. The van der Waals surface area contributed by atoms with Crippen molar-refractivity contribution in [2.75, 3.05) is 4.90 Å². The first-order valence-electron chi connectivity index (χ1n) is 19.3. The Kier molecular flexibility index (Phi) is 6.89. The SMILES string of the molecule is c1ccc(-c2nc3ccc4ccc5ccc6cc(-c7ccc8c(N(c9ccccc9)c9ccc%10c(c9)oc9ccccc9%10)cccc8c7)ccc6c5c4c3o2)cc1. The molecular weight excluding hydrogens is 697 g/mol. The van der Waals surface area contributed by atoms with Crippen molar-refractivity contribution in [3.8, 4) is 22.6 Å². The number of fused-ring (bicyclic) bond motifs is 11. The van der Waals surface area contributed by atoms with Crippen LogP contribution in [-0.2, 0) is 0 Å². The third-order valence-corrected chi connectivity index (χ3v) is 11.4. The van der Waals surface area contributed by atoms with Gasteiger partial charge in [-0.25, -0.2) is 4.98 Å². The van der Waals surface area contributed by atoms with Crippen LogP contribution >= 0.6 is 0 Å². The molecule has 4 nitrogen and oxygen atoms in total. The quantitative estimate of drug-likeness (QED) is 0.166. The van der Waals surface area contributed by atoms with E-state index < -0.39 is 0 Å². The van der Waals surface area contributed by atoms with E-state index in [4.69, 9.17) is 13.8 Å². The summed E-state index contributed by atoms with van der Waals surface area (Å²) >= 11 is 0. The molecule has 57 heavy (non-hydrogen) atoms. The Morgan fingerprint density at radius 2 is 1.02 bits per heavy atom. The highest BCUT2D eigenvalue weighted by molar-refractivity contribution is 6.26. The first kappa shape index (κ1) is 31.6. The molecule has 266 valence electrons. The monoisotopic (exact) mass is 728 g/mol. The van der Waals surface area contributed by atoms with Gasteiger partial charge in [0.1, 0.15) is 16.7 Å². The first-order valence-corrected chi connectivity index (χ1v) is 19.3. The highest BCUT2D eigenvalue weighted by atomic mass is 16.3. The molecule has 0 fully saturated rings. The maximum atomic E-state index is 6.55. The highest BCUT2D eigenvalue weighted by Gasteiger charge is 2.19. The molecule has 0 radical (unpaired) electrons. The van der Waals surface area contributed by atoms with Gasteiger partial charge >= 0.3 is 0 Å². The van der Waals surface area contributed by atoms with Crippen molar-refractivity contribution in [2.45, 2.75) is 0 Å². The lowest BCUT2D eigenvalue weighted by Crippen LogP contribution is -2.10. The van der Waals surface area contributed by atoms with Crippen molar-refractivity contribution in [3.05, 3.63) is 194 Å². The molecule has 2 aromatic heterocycles. The molecule has 10 aromatic carbocycles. The van der Waals surface area contributed by atoms with E-state index in [0.29, 0.717) is 5.89 Å². The van der Waals surface area contributed by atoms with E-state index >= 15 is 0 Å². The van der Waals surface area contributed by atoms with Crippen LogP contribution in [0.3, 0.4) is 0 Å². The summed E-state index contributed by atoms with van der Waals surface area (Å²) in [5.41, 5.74) is 9.98. The van der Waals surface area contributed by atoms with Gasteiger partial charge in [0.05, 0.1) is 5.69 Å². The Bertz CT molecular complexity index is 3530. The summed E-state index contributed by atoms with van der Waals surface area (Å²) in [4.78, 5) is 7.22. The van der Waals surface area contributed by atoms with Gasteiger partial charge in [-0.3, -0.25) is 0 Å². The summed E-state index contributed by atoms with van der Waals surface area (Å²) in [6, 6.07) is 68.7. The molecule has 2 heterocycles. The largest absolute Gasteiger partial charge is 0.456 e. The van der Waals surface area contributed by atoms with Gasteiger partial charge in [0.25, 0.3) is 0 Å². The third kappa shape index (κ3) is 5.04. The fraction of sp³-hybridized carbons (Fsp3) is 0. The van der Waals surface area contributed by atoms with Crippen LogP contribution in [-0.4, -0.2) is 4.98 Å². The molecule has 0 spiro atoms. The summed E-state index contributed by atoms with van der Waals surface area (Å²) in [6.45, 7) is 0. The van der Waals surface area contributed by atoms with Crippen molar-refractivity contribution in [1.82, 2.24) is 4.98 Å². The average molecular weight is 729 g/mol. The van der Waals surface area contributed by atoms with Gasteiger partial charge in [-0.05, 0) is 105 Å². The van der Waals surface area contributed by atoms with Crippen LogP contribution in [0.15, 0.2) is 203 Å². The second-order valence-corrected chi connectivity index (χ2v) is 14.7. The molecule has 0 N–H and O–H groups in total. The van der Waals surface area contributed by atoms with Crippen molar-refractivity contribution >= 4 is 93.2 Å². The molecule has 0 saturated heterocycles. The van der Waals surface area contributed by atoms with Gasteiger partial charge in [0.2, 0.25) is 5.89 Å². The summed E-state index contributed by atoms with van der Waals surface area (Å²) in [6.07, 6.45) is 0. The lowest BCUT2D eigenvalue weighted by molar-refractivity contribution is 0.623. The van der Waals surface area contributed by atoms with Crippen LogP contribution in [0.4, 0.5) is 17.1 Å². The predicted octanol–water partition coefficient (Wildman–Crippen LogP) is 15.1. The van der Waals surface area contributed by atoms with Crippen LogP contribution in [0.5, 0.6) is 0 Å². The van der Waals surface area contributed by atoms with Gasteiger partial charge in [-0.2, -0.15) is 0 Å². The predicted molar refractivity (Wildman–Crippen MR) is 237 cm³/mol. The first-order chi connectivity index (χ1) is 28.2. The van der Waals surface area contributed by atoms with E-state index in [1.807, 2.05) is 42.5 Å². The minimum Gasteiger partial charge on any atom is -0.456 e. The topological polar surface area (TPSA) is 42.4 Å². The molecule has 0 unspecified atom stereocenters. The zero-order chi connectivity index (χ0) is 37.5. The van der Waals surface area contributed by atoms with Gasteiger partial charge < -0.3 is 13.7 Å². The Balaban J connectivity index is 0.980. The fourth-order valence-electron chi connectivity index (χ4n) is 8.73. The number of hydrogen-bond donors (Lipinski definition) is 0. The Hall–Kier alpha value is -7.69. The molecule has 4 heteroatoms. The lowest BCUT2D eigenvalue weighted by atomic mass is 9.93. The maximum absolute atomic E-state index is 6.55. The number of benzene rings is 10. The van der Waals surface area contributed by atoms with E-state index in [9.17, 15) is 0 Å². The molecule has 0 saturated carbocycles. The smallest absolute Gasteiger partial charge is 0.227 e. The second-order valence-electron chi connectivity index (χ2n) is 14.7. The van der Waals surface area contributed by atoms with Gasteiger partial charge in [0.15, 0.2) is 5.58 Å². The molecule has 12 aromatic rings. The molecule has 0 aliphatic rings. The summed E-state index contributed by atoms with van der Waals surface area (Å²) in [5, 5.41) is 11.5. The minimum atomic E-state index is 0.635. The van der Waals surface area contributed by atoms with Crippen LogP contribution in [0.25, 0.3) is 98.7 Å². The van der Waals surface area contributed by atoms with Crippen molar-refractivity contribution in [3.63, 3.8) is 0 Å². The number of nitrogens with zero attached hydrogens (tertiary/aromatic N) is 2. The van der Waals surface area contributed by atoms with Crippen LogP contribution in [0.2, 0.25) is 0 Å². The molecule has 12 rings (SSSR count). The molecule has 0 bridgehead atoms. The number of para-hydroxylation sites is 2. The van der Waals surface area contributed by atoms with Crippen molar-refractivity contribution in [2.24, 2.45) is 0 Å². The van der Waals surface area contributed by atoms with Crippen molar-refractivity contribution in [1.29, 1.82) is 0 Å². The van der Waals surface area contributed by atoms with Crippen LogP contribution < -0.4 is 4.90 Å². The summed E-state index contributed by atoms with van der Waals surface area (Å²) in [7, 11) is 0.